The molecule has 0 aliphatic carbocycles. The first-order valence-corrected chi connectivity index (χ1v) is 7.03. The molecule has 1 aromatic rings. The number of nitrogens with zero attached hydrogens (tertiary/aromatic N) is 1. The zero-order valence-corrected chi connectivity index (χ0v) is 12.1. The maximum Gasteiger partial charge on any atom is 0.253 e. The molecule has 1 heterocycles. The summed E-state index contributed by atoms with van der Waals surface area (Å²) < 4.78 is 0. The summed E-state index contributed by atoms with van der Waals surface area (Å²) in [6, 6.07) is 1.84. The summed E-state index contributed by atoms with van der Waals surface area (Å²) in [4.78, 5) is 16.1. The summed E-state index contributed by atoms with van der Waals surface area (Å²) in [5, 5.41) is 11.6. The molecular formula is C16H22N2O2. The number of unbranched alkanes of at least 4 members (excludes halogenated alkanes) is 2. The number of rotatable bonds is 6. The van der Waals surface area contributed by atoms with Crippen LogP contribution in [0.5, 0.6) is 0 Å². The maximum atomic E-state index is 12.1. The number of aliphatic hydroxyl groups excluding tert-OH is 1. The third-order valence-electron chi connectivity index (χ3n) is 2.93. The number of amides is 1. The molecule has 4 heteroatoms. The summed E-state index contributed by atoms with van der Waals surface area (Å²) >= 11 is 0. The van der Waals surface area contributed by atoms with Gasteiger partial charge in [-0.1, -0.05) is 38.0 Å². The van der Waals surface area contributed by atoms with E-state index in [-0.39, 0.29) is 18.6 Å². The lowest BCUT2D eigenvalue weighted by molar-refractivity contribution is 0.0937. The number of carbonyl (C=O) groups excluding carboxylic acids is 1. The Bertz CT molecular complexity index is 489. The summed E-state index contributed by atoms with van der Waals surface area (Å²) in [6.07, 6.45) is 7.57. The summed E-state index contributed by atoms with van der Waals surface area (Å²) in [5.41, 5.74) is 1.13. The van der Waals surface area contributed by atoms with E-state index < -0.39 is 0 Å². The molecule has 2 N–H and O–H groups in total. The van der Waals surface area contributed by atoms with Crippen LogP contribution in [0.3, 0.4) is 0 Å². The fraction of sp³-hybridized carbons (Fsp3) is 0.500. The number of aliphatic hydroxyl groups is 1. The van der Waals surface area contributed by atoms with Crippen LogP contribution in [0.15, 0.2) is 18.5 Å². The Morgan fingerprint density at radius 3 is 2.95 bits per heavy atom. The lowest BCUT2D eigenvalue weighted by Gasteiger charge is -2.13. The van der Waals surface area contributed by atoms with Gasteiger partial charge in [-0.05, 0) is 19.4 Å². The molecule has 1 rings (SSSR count). The first-order valence-electron chi connectivity index (χ1n) is 7.03. The topological polar surface area (TPSA) is 62.2 Å². The Kier molecular flexibility index (Phi) is 7.38. The Morgan fingerprint density at radius 1 is 1.45 bits per heavy atom. The number of aromatic nitrogens is 1. The third kappa shape index (κ3) is 5.85. The number of pyridine rings is 1. The van der Waals surface area contributed by atoms with Gasteiger partial charge in [0.25, 0.3) is 5.91 Å². The first-order chi connectivity index (χ1) is 9.67. The van der Waals surface area contributed by atoms with Crippen molar-refractivity contribution in [1.82, 2.24) is 10.3 Å². The van der Waals surface area contributed by atoms with Crippen LogP contribution in [0.2, 0.25) is 0 Å². The molecule has 0 aliphatic rings. The molecule has 1 aromatic heterocycles. The van der Waals surface area contributed by atoms with Gasteiger partial charge >= 0.3 is 0 Å². The van der Waals surface area contributed by atoms with Crippen LogP contribution in [0.4, 0.5) is 0 Å². The Labute approximate surface area is 120 Å². The van der Waals surface area contributed by atoms with E-state index in [2.05, 4.69) is 29.1 Å². The van der Waals surface area contributed by atoms with Crippen molar-refractivity contribution >= 4 is 5.91 Å². The van der Waals surface area contributed by atoms with Crippen molar-refractivity contribution in [2.45, 2.75) is 45.6 Å². The predicted molar refractivity (Wildman–Crippen MR) is 79.3 cm³/mol. The summed E-state index contributed by atoms with van der Waals surface area (Å²) in [7, 11) is 0. The van der Waals surface area contributed by atoms with Gasteiger partial charge in [0.1, 0.15) is 6.61 Å². The van der Waals surface area contributed by atoms with E-state index in [0.717, 1.165) is 12.8 Å². The van der Waals surface area contributed by atoms with Crippen LogP contribution < -0.4 is 5.32 Å². The van der Waals surface area contributed by atoms with Gasteiger partial charge in [0.2, 0.25) is 0 Å². The minimum absolute atomic E-state index is 0.130. The molecule has 0 fully saturated rings. The average molecular weight is 274 g/mol. The fourth-order valence-corrected chi connectivity index (χ4v) is 1.85. The van der Waals surface area contributed by atoms with E-state index >= 15 is 0 Å². The monoisotopic (exact) mass is 274 g/mol. The molecule has 0 aromatic carbocycles. The molecule has 0 aliphatic heterocycles. The van der Waals surface area contributed by atoms with Crippen molar-refractivity contribution in [2.24, 2.45) is 0 Å². The second kappa shape index (κ2) is 9.11. The number of hydrogen-bond acceptors (Lipinski definition) is 3. The molecule has 1 unspecified atom stereocenters. The zero-order valence-electron chi connectivity index (χ0n) is 12.1. The van der Waals surface area contributed by atoms with Gasteiger partial charge in [-0.25, -0.2) is 0 Å². The largest absolute Gasteiger partial charge is 0.384 e. The normalized spacial score (nSPS) is 11.3. The van der Waals surface area contributed by atoms with Crippen LogP contribution in [0, 0.1) is 11.8 Å². The fourth-order valence-electron chi connectivity index (χ4n) is 1.85. The predicted octanol–water partition coefficient (Wildman–Crippen LogP) is 2.12. The lowest BCUT2D eigenvalue weighted by atomic mass is 10.1. The highest BCUT2D eigenvalue weighted by Gasteiger charge is 2.10. The van der Waals surface area contributed by atoms with Gasteiger partial charge in [0, 0.05) is 24.0 Å². The highest BCUT2D eigenvalue weighted by atomic mass is 16.2. The van der Waals surface area contributed by atoms with Crippen molar-refractivity contribution in [2.75, 3.05) is 6.61 Å². The molecule has 0 saturated heterocycles. The molecule has 0 bridgehead atoms. The summed E-state index contributed by atoms with van der Waals surface area (Å²) in [5.74, 6) is 5.15. The molecule has 0 spiro atoms. The number of hydrogen-bond donors (Lipinski definition) is 2. The van der Waals surface area contributed by atoms with Crippen molar-refractivity contribution in [3.05, 3.63) is 29.6 Å². The highest BCUT2D eigenvalue weighted by Crippen LogP contribution is 2.06. The molecule has 20 heavy (non-hydrogen) atoms. The third-order valence-corrected chi connectivity index (χ3v) is 2.93. The number of carbonyl (C=O) groups is 1. The van der Waals surface area contributed by atoms with Gasteiger partial charge in [0.05, 0.1) is 5.56 Å². The van der Waals surface area contributed by atoms with Gasteiger partial charge < -0.3 is 10.4 Å². The smallest absolute Gasteiger partial charge is 0.253 e. The maximum absolute atomic E-state index is 12.1. The molecular weight excluding hydrogens is 252 g/mol. The van der Waals surface area contributed by atoms with Crippen LogP contribution >= 0.6 is 0 Å². The molecule has 1 atom stereocenters. The molecule has 4 nitrogen and oxygen atoms in total. The minimum Gasteiger partial charge on any atom is -0.384 e. The van der Waals surface area contributed by atoms with Crippen LogP contribution in [0.25, 0.3) is 0 Å². The van der Waals surface area contributed by atoms with Crippen LogP contribution in [-0.2, 0) is 0 Å². The van der Waals surface area contributed by atoms with Gasteiger partial charge in [-0.3, -0.25) is 9.78 Å². The Hall–Kier alpha value is -1.86. The SMILES string of the molecule is CCCCCC(C)NC(=O)c1cncc(C#CCO)c1. The quantitative estimate of drug-likeness (QED) is 0.617. The van der Waals surface area contributed by atoms with E-state index in [9.17, 15) is 4.79 Å². The average Bonchev–Trinajstić information content (AvgIpc) is 2.45. The van der Waals surface area contributed by atoms with E-state index in [1.54, 1.807) is 12.3 Å². The highest BCUT2D eigenvalue weighted by molar-refractivity contribution is 5.94. The van der Waals surface area contributed by atoms with E-state index in [0.29, 0.717) is 11.1 Å². The van der Waals surface area contributed by atoms with E-state index in [1.165, 1.54) is 19.0 Å². The first kappa shape index (κ1) is 16.2. The van der Waals surface area contributed by atoms with Crippen molar-refractivity contribution in [3.8, 4) is 11.8 Å². The van der Waals surface area contributed by atoms with E-state index in [1.807, 2.05) is 6.92 Å². The minimum atomic E-state index is -0.203. The molecule has 108 valence electrons. The van der Waals surface area contributed by atoms with Gasteiger partial charge in [-0.2, -0.15) is 0 Å². The van der Waals surface area contributed by atoms with Crippen LogP contribution in [-0.4, -0.2) is 28.6 Å². The van der Waals surface area contributed by atoms with E-state index in [4.69, 9.17) is 5.11 Å². The summed E-state index contributed by atoms with van der Waals surface area (Å²) in [6.45, 7) is 3.97. The number of nitrogens with one attached hydrogen (secondary N) is 1. The zero-order chi connectivity index (χ0) is 14.8. The van der Waals surface area contributed by atoms with Crippen molar-refractivity contribution in [1.29, 1.82) is 0 Å². The second-order valence-electron chi connectivity index (χ2n) is 4.79. The Morgan fingerprint density at radius 2 is 2.25 bits per heavy atom. The molecule has 0 radical (unpaired) electrons. The molecule has 1 amide bonds. The van der Waals surface area contributed by atoms with Crippen molar-refractivity contribution < 1.29 is 9.90 Å². The standard InChI is InChI=1S/C16H22N2O2/c1-3-4-5-7-13(2)18-16(20)15-10-14(8-6-9-19)11-17-12-15/h10-13,19H,3-5,7,9H2,1-2H3,(H,18,20). The van der Waals surface area contributed by atoms with Gasteiger partial charge in [0.15, 0.2) is 0 Å². The second-order valence-corrected chi connectivity index (χ2v) is 4.79. The van der Waals surface area contributed by atoms with Crippen LogP contribution in [0.1, 0.15) is 55.5 Å². The Balaban J connectivity index is 2.58. The van der Waals surface area contributed by atoms with Crippen molar-refractivity contribution in [3.63, 3.8) is 0 Å². The lowest BCUT2D eigenvalue weighted by Crippen LogP contribution is -2.32. The molecule has 0 saturated carbocycles. The van der Waals surface area contributed by atoms with Gasteiger partial charge in [-0.15, -0.1) is 0 Å².